The second kappa shape index (κ2) is 13.0. The van der Waals surface area contributed by atoms with Gasteiger partial charge >= 0.3 is 0 Å². The minimum atomic E-state index is 0.324. The monoisotopic (exact) mass is 530 g/mol. The van der Waals surface area contributed by atoms with Crippen molar-refractivity contribution < 1.29 is 0 Å². The molecular formula is C36H42N4. The topological polar surface area (TPSA) is 50.5 Å². The van der Waals surface area contributed by atoms with Crippen LogP contribution in [0, 0.1) is 0 Å². The molecule has 0 amide bonds. The molecule has 0 spiro atoms. The first-order valence-corrected chi connectivity index (χ1v) is 14.4. The first-order valence-electron chi connectivity index (χ1n) is 14.4. The standard InChI is InChI=1S/C36H42N4/c1-23(2)31-17-27(18-32(24(3)4)35(31)39-21-29-13-9-11-15-37-29)28-19-33(25(5)6)36(34(20-28)26(7)8)40-22-30-14-10-12-16-38-30/h9-26H,1-8H3. The second-order valence-electron chi connectivity index (χ2n) is 11.7. The van der Waals surface area contributed by atoms with E-state index in [0.29, 0.717) is 23.7 Å². The smallest absolute Gasteiger partial charge is 0.0812 e. The van der Waals surface area contributed by atoms with Crippen molar-refractivity contribution in [3.8, 4) is 11.1 Å². The Labute approximate surface area is 240 Å². The normalized spacial score (nSPS) is 12.2. The molecule has 0 fully saturated rings. The quantitative estimate of drug-likeness (QED) is 0.202. The highest BCUT2D eigenvalue weighted by molar-refractivity contribution is 5.84. The molecule has 0 N–H and O–H groups in total. The van der Waals surface area contributed by atoms with Crippen LogP contribution in [-0.2, 0) is 0 Å². The van der Waals surface area contributed by atoms with E-state index in [2.05, 4.69) is 89.6 Å². The highest BCUT2D eigenvalue weighted by Crippen LogP contribution is 2.42. The fourth-order valence-electron chi connectivity index (χ4n) is 4.92. The Kier molecular flexibility index (Phi) is 9.42. The van der Waals surface area contributed by atoms with E-state index in [-0.39, 0.29) is 0 Å². The van der Waals surface area contributed by atoms with Gasteiger partial charge in [0.05, 0.1) is 35.2 Å². The number of hydrogen-bond acceptors (Lipinski definition) is 4. The van der Waals surface area contributed by atoms with Crippen molar-refractivity contribution in [2.75, 3.05) is 0 Å². The van der Waals surface area contributed by atoms with E-state index in [4.69, 9.17) is 9.98 Å². The molecule has 4 heteroatoms. The number of pyridine rings is 2. The number of benzene rings is 2. The van der Waals surface area contributed by atoms with Gasteiger partial charge in [-0.1, -0.05) is 67.5 Å². The molecule has 0 aliphatic heterocycles. The van der Waals surface area contributed by atoms with Crippen molar-refractivity contribution in [2.24, 2.45) is 9.98 Å². The third-order valence-electron chi connectivity index (χ3n) is 7.19. The largest absolute Gasteiger partial charge is 0.255 e. The van der Waals surface area contributed by atoms with Gasteiger partial charge in [0.1, 0.15) is 0 Å². The zero-order chi connectivity index (χ0) is 28.8. The Morgan fingerprint density at radius 1 is 0.500 bits per heavy atom. The number of aliphatic imine (C=N–C) groups is 2. The van der Waals surface area contributed by atoms with E-state index in [1.165, 1.54) is 33.4 Å². The molecule has 2 heterocycles. The van der Waals surface area contributed by atoms with Crippen LogP contribution < -0.4 is 0 Å². The van der Waals surface area contributed by atoms with Gasteiger partial charge in [0.2, 0.25) is 0 Å². The van der Waals surface area contributed by atoms with Gasteiger partial charge in [-0.2, -0.15) is 0 Å². The van der Waals surface area contributed by atoms with Crippen molar-refractivity contribution in [3.63, 3.8) is 0 Å². The highest BCUT2D eigenvalue weighted by atomic mass is 14.8. The predicted molar refractivity (Wildman–Crippen MR) is 171 cm³/mol. The van der Waals surface area contributed by atoms with Gasteiger partial charge < -0.3 is 0 Å². The molecule has 0 aliphatic rings. The van der Waals surface area contributed by atoms with Gasteiger partial charge in [0.15, 0.2) is 0 Å². The lowest BCUT2D eigenvalue weighted by Gasteiger charge is -2.22. The third kappa shape index (κ3) is 6.80. The number of nitrogens with zero attached hydrogens (tertiary/aromatic N) is 4. The number of aromatic nitrogens is 2. The molecule has 40 heavy (non-hydrogen) atoms. The molecule has 4 rings (SSSR count). The van der Waals surface area contributed by atoms with E-state index in [1.807, 2.05) is 48.8 Å². The molecule has 4 nitrogen and oxygen atoms in total. The molecule has 0 unspecified atom stereocenters. The van der Waals surface area contributed by atoms with Gasteiger partial charge in [-0.15, -0.1) is 0 Å². The zero-order valence-electron chi connectivity index (χ0n) is 25.2. The van der Waals surface area contributed by atoms with Crippen molar-refractivity contribution in [1.82, 2.24) is 9.97 Å². The fourth-order valence-corrected chi connectivity index (χ4v) is 4.92. The Bertz CT molecular complexity index is 1310. The Morgan fingerprint density at radius 2 is 0.825 bits per heavy atom. The van der Waals surface area contributed by atoms with Crippen LogP contribution in [0.4, 0.5) is 11.4 Å². The second-order valence-corrected chi connectivity index (χ2v) is 11.7. The predicted octanol–water partition coefficient (Wildman–Crippen LogP) is 10.1. The van der Waals surface area contributed by atoms with Gasteiger partial charge in [0.25, 0.3) is 0 Å². The van der Waals surface area contributed by atoms with Crippen molar-refractivity contribution in [1.29, 1.82) is 0 Å². The SMILES string of the molecule is CC(C)c1cc(-c2cc(C(C)C)c(N=Cc3ccccn3)c(C(C)C)c2)cc(C(C)C)c1N=Cc1ccccn1. The first-order chi connectivity index (χ1) is 19.2. The molecule has 0 aliphatic carbocycles. The van der Waals surface area contributed by atoms with Gasteiger partial charge in [-0.05, 0) is 106 Å². The number of hydrogen-bond donors (Lipinski definition) is 0. The summed E-state index contributed by atoms with van der Waals surface area (Å²) >= 11 is 0. The van der Waals surface area contributed by atoms with E-state index in [1.54, 1.807) is 12.4 Å². The Balaban J connectivity index is 1.89. The van der Waals surface area contributed by atoms with Gasteiger partial charge in [-0.3, -0.25) is 20.0 Å². The Hall–Kier alpha value is -3.92. The molecule has 4 aromatic rings. The maximum atomic E-state index is 5.00. The zero-order valence-corrected chi connectivity index (χ0v) is 25.2. The van der Waals surface area contributed by atoms with Crippen molar-refractivity contribution in [2.45, 2.75) is 79.1 Å². The van der Waals surface area contributed by atoms with Crippen molar-refractivity contribution >= 4 is 23.8 Å². The maximum absolute atomic E-state index is 5.00. The van der Waals surface area contributed by atoms with Gasteiger partial charge in [0, 0.05) is 12.4 Å². The summed E-state index contributed by atoms with van der Waals surface area (Å²) in [5.74, 6) is 1.30. The summed E-state index contributed by atoms with van der Waals surface area (Å²) in [6, 6.07) is 21.2. The average molecular weight is 531 g/mol. The minimum Gasteiger partial charge on any atom is -0.255 e. The van der Waals surface area contributed by atoms with Gasteiger partial charge in [-0.25, -0.2) is 0 Å². The lowest BCUT2D eigenvalue weighted by Crippen LogP contribution is -2.01. The molecule has 0 saturated carbocycles. The molecule has 0 atom stereocenters. The number of rotatable bonds is 9. The summed E-state index contributed by atoms with van der Waals surface area (Å²) in [5, 5.41) is 0. The summed E-state index contributed by atoms with van der Waals surface area (Å²) in [5.41, 5.74) is 11.3. The van der Waals surface area contributed by atoms with E-state index < -0.39 is 0 Å². The summed E-state index contributed by atoms with van der Waals surface area (Å²) in [4.78, 5) is 18.9. The summed E-state index contributed by atoms with van der Waals surface area (Å²) in [6.07, 6.45) is 7.38. The van der Waals surface area contributed by atoms with E-state index in [0.717, 1.165) is 22.8 Å². The summed E-state index contributed by atoms with van der Waals surface area (Å²) < 4.78 is 0. The molecule has 0 bridgehead atoms. The lowest BCUT2D eigenvalue weighted by molar-refractivity contribution is 0.832. The Morgan fingerprint density at radius 3 is 1.07 bits per heavy atom. The maximum Gasteiger partial charge on any atom is 0.0812 e. The summed E-state index contributed by atoms with van der Waals surface area (Å²) in [7, 11) is 0. The van der Waals surface area contributed by atoms with Crippen LogP contribution in [0.15, 0.2) is 83.0 Å². The third-order valence-corrected chi connectivity index (χ3v) is 7.19. The van der Waals surface area contributed by atoms with Crippen LogP contribution in [0.3, 0.4) is 0 Å². The average Bonchev–Trinajstić information content (AvgIpc) is 2.95. The molecular weight excluding hydrogens is 488 g/mol. The van der Waals surface area contributed by atoms with E-state index in [9.17, 15) is 0 Å². The van der Waals surface area contributed by atoms with Crippen LogP contribution in [0.25, 0.3) is 11.1 Å². The van der Waals surface area contributed by atoms with Crippen molar-refractivity contribution in [3.05, 3.63) is 107 Å². The molecule has 0 saturated heterocycles. The van der Waals surface area contributed by atoms with Crippen LogP contribution >= 0.6 is 0 Å². The fraction of sp³-hybridized carbons (Fsp3) is 0.333. The molecule has 2 aromatic carbocycles. The van der Waals surface area contributed by atoms with Crippen LogP contribution in [0.5, 0.6) is 0 Å². The van der Waals surface area contributed by atoms with Crippen LogP contribution in [0.2, 0.25) is 0 Å². The first kappa shape index (κ1) is 29.1. The molecule has 2 aromatic heterocycles. The van der Waals surface area contributed by atoms with Crippen LogP contribution in [0.1, 0.15) is 113 Å². The van der Waals surface area contributed by atoms with E-state index >= 15 is 0 Å². The summed E-state index contributed by atoms with van der Waals surface area (Å²) in [6.45, 7) is 18.0. The highest BCUT2D eigenvalue weighted by Gasteiger charge is 2.20. The van der Waals surface area contributed by atoms with Crippen LogP contribution in [-0.4, -0.2) is 22.4 Å². The molecule has 206 valence electrons. The lowest BCUT2D eigenvalue weighted by atomic mass is 9.85. The minimum absolute atomic E-state index is 0.324. The molecule has 0 radical (unpaired) electrons.